The topological polar surface area (TPSA) is 77.9 Å². The summed E-state index contributed by atoms with van der Waals surface area (Å²) < 4.78 is 0. The smallest absolute Gasteiger partial charge is 0.320 e. The Labute approximate surface area is 118 Å². The summed E-state index contributed by atoms with van der Waals surface area (Å²) in [5, 5.41) is 9.33. The maximum absolute atomic E-state index is 11.5. The zero-order chi connectivity index (χ0) is 14.7. The number of amides is 2. The average molecular weight is 282 g/mol. The molecular weight excluding hydrogens is 260 g/mol. The summed E-state index contributed by atoms with van der Waals surface area (Å²) in [4.78, 5) is 37.6. The highest BCUT2D eigenvalue weighted by Crippen LogP contribution is 2.25. The van der Waals surface area contributed by atoms with E-state index in [0.29, 0.717) is 38.3 Å². The number of hydrogen-bond donors (Lipinski definition) is 1. The lowest BCUT2D eigenvalue weighted by Crippen LogP contribution is -2.50. The standard InChI is InChI=1S/C14H22N2O4/c1-2-10-5-6-15(11(9-10)14(19)20)7-8-16-12(17)3-4-13(16)18/h10-11H,2-9H2,1H3,(H,19,20). The van der Waals surface area contributed by atoms with E-state index >= 15 is 0 Å². The van der Waals surface area contributed by atoms with Crippen LogP contribution in [0.25, 0.3) is 0 Å². The molecule has 0 spiro atoms. The lowest BCUT2D eigenvalue weighted by atomic mass is 9.89. The second-order valence-corrected chi connectivity index (χ2v) is 5.63. The summed E-state index contributed by atoms with van der Waals surface area (Å²) in [7, 11) is 0. The summed E-state index contributed by atoms with van der Waals surface area (Å²) in [6.07, 6.45) is 3.23. The molecule has 2 aliphatic heterocycles. The molecule has 2 fully saturated rings. The van der Waals surface area contributed by atoms with Gasteiger partial charge in [0.15, 0.2) is 0 Å². The highest BCUT2D eigenvalue weighted by molar-refractivity contribution is 6.01. The van der Waals surface area contributed by atoms with E-state index in [9.17, 15) is 19.5 Å². The molecule has 6 heteroatoms. The van der Waals surface area contributed by atoms with Crippen LogP contribution in [0.3, 0.4) is 0 Å². The minimum atomic E-state index is -0.803. The van der Waals surface area contributed by atoms with Crippen LogP contribution in [0.5, 0.6) is 0 Å². The number of hydrogen-bond acceptors (Lipinski definition) is 4. The lowest BCUT2D eigenvalue weighted by molar-refractivity contribution is -0.145. The third-order valence-corrected chi connectivity index (χ3v) is 4.45. The monoisotopic (exact) mass is 282 g/mol. The van der Waals surface area contributed by atoms with Crippen molar-refractivity contribution in [1.82, 2.24) is 9.80 Å². The second-order valence-electron chi connectivity index (χ2n) is 5.63. The van der Waals surface area contributed by atoms with Crippen molar-refractivity contribution < 1.29 is 19.5 Å². The molecular formula is C14H22N2O4. The Balaban J connectivity index is 1.92. The van der Waals surface area contributed by atoms with Crippen LogP contribution < -0.4 is 0 Å². The minimum absolute atomic E-state index is 0.134. The summed E-state index contributed by atoms with van der Waals surface area (Å²) in [6, 6.07) is -0.485. The molecule has 6 nitrogen and oxygen atoms in total. The molecule has 0 saturated carbocycles. The Morgan fingerprint density at radius 3 is 2.45 bits per heavy atom. The van der Waals surface area contributed by atoms with Crippen molar-refractivity contribution in [3.8, 4) is 0 Å². The molecule has 2 atom stereocenters. The van der Waals surface area contributed by atoms with Gasteiger partial charge in [0.05, 0.1) is 0 Å². The van der Waals surface area contributed by atoms with Crippen molar-refractivity contribution in [2.45, 2.75) is 45.1 Å². The van der Waals surface area contributed by atoms with Crippen LogP contribution >= 0.6 is 0 Å². The van der Waals surface area contributed by atoms with E-state index < -0.39 is 12.0 Å². The third kappa shape index (κ3) is 3.17. The highest BCUT2D eigenvalue weighted by Gasteiger charge is 2.34. The first-order chi connectivity index (χ1) is 9.52. The first-order valence-corrected chi connectivity index (χ1v) is 7.33. The second kappa shape index (κ2) is 6.35. The van der Waals surface area contributed by atoms with E-state index in [-0.39, 0.29) is 11.8 Å². The van der Waals surface area contributed by atoms with Crippen molar-refractivity contribution in [2.24, 2.45) is 5.92 Å². The van der Waals surface area contributed by atoms with Crippen molar-refractivity contribution in [3.63, 3.8) is 0 Å². The highest BCUT2D eigenvalue weighted by atomic mass is 16.4. The molecule has 0 aliphatic carbocycles. The lowest BCUT2D eigenvalue weighted by Gasteiger charge is -2.37. The van der Waals surface area contributed by atoms with Crippen molar-refractivity contribution in [1.29, 1.82) is 0 Å². The van der Waals surface area contributed by atoms with E-state index in [0.717, 1.165) is 19.4 Å². The molecule has 0 bridgehead atoms. The number of carboxylic acids is 1. The number of imide groups is 1. The molecule has 0 aromatic carbocycles. The Bertz CT molecular complexity index is 394. The molecule has 0 aromatic rings. The van der Waals surface area contributed by atoms with Crippen LogP contribution in [0.4, 0.5) is 0 Å². The number of carboxylic acid groups (broad SMARTS) is 1. The van der Waals surface area contributed by atoms with Crippen LogP contribution in [-0.2, 0) is 14.4 Å². The molecule has 112 valence electrons. The summed E-state index contributed by atoms with van der Waals surface area (Å²) in [6.45, 7) is 3.59. The number of nitrogens with zero attached hydrogens (tertiary/aromatic N) is 2. The van der Waals surface area contributed by atoms with Crippen LogP contribution in [0.2, 0.25) is 0 Å². The van der Waals surface area contributed by atoms with Crippen molar-refractivity contribution in [2.75, 3.05) is 19.6 Å². The van der Waals surface area contributed by atoms with Gasteiger partial charge in [-0.05, 0) is 25.3 Å². The van der Waals surface area contributed by atoms with Crippen molar-refractivity contribution >= 4 is 17.8 Å². The summed E-state index contributed by atoms with van der Waals surface area (Å²) >= 11 is 0. The number of likely N-dealkylation sites (tertiary alicyclic amines) is 2. The number of aliphatic carboxylic acids is 1. The third-order valence-electron chi connectivity index (χ3n) is 4.45. The number of piperidine rings is 1. The van der Waals surface area contributed by atoms with Gasteiger partial charge in [0, 0.05) is 25.9 Å². The van der Waals surface area contributed by atoms with E-state index in [4.69, 9.17) is 0 Å². The van der Waals surface area contributed by atoms with Crippen LogP contribution in [0.1, 0.15) is 39.0 Å². The fraction of sp³-hybridized carbons (Fsp3) is 0.786. The van der Waals surface area contributed by atoms with Crippen LogP contribution in [0, 0.1) is 5.92 Å². The molecule has 1 N–H and O–H groups in total. The maximum Gasteiger partial charge on any atom is 0.320 e. The largest absolute Gasteiger partial charge is 0.480 e. The molecule has 2 saturated heterocycles. The van der Waals surface area contributed by atoms with Gasteiger partial charge < -0.3 is 5.11 Å². The van der Waals surface area contributed by atoms with Gasteiger partial charge in [0.2, 0.25) is 11.8 Å². The normalized spacial score (nSPS) is 28.1. The Morgan fingerprint density at radius 2 is 1.90 bits per heavy atom. The molecule has 2 amide bonds. The first kappa shape index (κ1) is 15.0. The number of rotatable bonds is 5. The first-order valence-electron chi connectivity index (χ1n) is 7.33. The predicted octanol–water partition coefficient (Wildman–Crippen LogP) is 0.711. The SMILES string of the molecule is CCC1CCN(CCN2C(=O)CCC2=O)C(C(=O)O)C1. The quantitative estimate of drug-likeness (QED) is 0.751. The van der Waals surface area contributed by atoms with Crippen LogP contribution in [0.15, 0.2) is 0 Å². The van der Waals surface area contributed by atoms with E-state index in [1.54, 1.807) is 0 Å². The fourth-order valence-corrected chi connectivity index (χ4v) is 3.08. The number of carbonyl (C=O) groups is 3. The Hall–Kier alpha value is -1.43. The summed E-state index contributed by atoms with van der Waals surface area (Å²) in [5.74, 6) is -0.611. The Morgan fingerprint density at radius 1 is 1.25 bits per heavy atom. The zero-order valence-electron chi connectivity index (χ0n) is 11.9. The van der Waals surface area contributed by atoms with Gasteiger partial charge in [0.1, 0.15) is 6.04 Å². The molecule has 2 aliphatic rings. The zero-order valence-corrected chi connectivity index (χ0v) is 11.9. The van der Waals surface area contributed by atoms with E-state index in [1.807, 2.05) is 4.90 Å². The van der Waals surface area contributed by atoms with Gasteiger partial charge >= 0.3 is 5.97 Å². The van der Waals surface area contributed by atoms with E-state index in [1.165, 1.54) is 4.90 Å². The summed E-state index contributed by atoms with van der Waals surface area (Å²) in [5.41, 5.74) is 0. The molecule has 0 aromatic heterocycles. The maximum atomic E-state index is 11.5. The molecule has 2 heterocycles. The Kier molecular flexibility index (Phi) is 4.75. The van der Waals surface area contributed by atoms with Gasteiger partial charge in [-0.2, -0.15) is 0 Å². The predicted molar refractivity (Wildman–Crippen MR) is 72.0 cm³/mol. The van der Waals surface area contributed by atoms with Gasteiger partial charge in [-0.25, -0.2) is 0 Å². The fourth-order valence-electron chi connectivity index (χ4n) is 3.08. The van der Waals surface area contributed by atoms with Gasteiger partial charge in [0.25, 0.3) is 0 Å². The van der Waals surface area contributed by atoms with Gasteiger partial charge in [-0.1, -0.05) is 13.3 Å². The number of carbonyl (C=O) groups excluding carboxylic acids is 2. The van der Waals surface area contributed by atoms with Crippen LogP contribution in [-0.4, -0.2) is 58.4 Å². The molecule has 2 unspecified atom stereocenters. The minimum Gasteiger partial charge on any atom is -0.480 e. The molecule has 20 heavy (non-hydrogen) atoms. The molecule has 2 rings (SSSR count). The van der Waals surface area contributed by atoms with E-state index in [2.05, 4.69) is 6.92 Å². The molecule has 0 radical (unpaired) electrons. The van der Waals surface area contributed by atoms with Gasteiger partial charge in [-0.3, -0.25) is 24.2 Å². The van der Waals surface area contributed by atoms with Crippen molar-refractivity contribution in [3.05, 3.63) is 0 Å². The average Bonchev–Trinajstić information content (AvgIpc) is 2.75. The van der Waals surface area contributed by atoms with Gasteiger partial charge in [-0.15, -0.1) is 0 Å².